The van der Waals surface area contributed by atoms with E-state index in [9.17, 15) is 23.9 Å². The Morgan fingerprint density at radius 1 is 0.944 bits per heavy atom. The predicted octanol–water partition coefficient (Wildman–Crippen LogP) is 5.82. The van der Waals surface area contributed by atoms with Gasteiger partial charge in [0.1, 0.15) is 11.9 Å². The van der Waals surface area contributed by atoms with E-state index in [0.29, 0.717) is 22.4 Å². The third-order valence-corrected chi connectivity index (χ3v) is 6.48. The monoisotopic (exact) mass is 489 g/mol. The van der Waals surface area contributed by atoms with Crippen LogP contribution in [-0.4, -0.2) is 34.0 Å². The van der Waals surface area contributed by atoms with Crippen LogP contribution in [0.15, 0.2) is 54.6 Å². The van der Waals surface area contributed by atoms with Gasteiger partial charge in [0.2, 0.25) is 0 Å². The van der Waals surface area contributed by atoms with Gasteiger partial charge >= 0.3 is 12.0 Å². The lowest BCUT2D eigenvalue weighted by Gasteiger charge is -2.27. The van der Waals surface area contributed by atoms with Gasteiger partial charge in [0, 0.05) is 17.8 Å². The average Bonchev–Trinajstić information content (AvgIpc) is 3.12. The molecule has 1 aliphatic rings. The van der Waals surface area contributed by atoms with Crippen LogP contribution in [-0.2, 0) is 11.3 Å². The molecule has 1 heterocycles. The van der Waals surface area contributed by atoms with Crippen molar-refractivity contribution in [2.75, 3.05) is 10.6 Å². The number of halogens is 1. The topological polar surface area (TPSA) is 98.7 Å². The van der Waals surface area contributed by atoms with Gasteiger partial charge in [-0.05, 0) is 77.9 Å². The first-order valence-electron chi connectivity index (χ1n) is 11.7. The van der Waals surface area contributed by atoms with Crippen molar-refractivity contribution < 1.29 is 23.9 Å². The Hall–Kier alpha value is -4.20. The van der Waals surface area contributed by atoms with Gasteiger partial charge in [-0.25, -0.2) is 14.0 Å². The lowest BCUT2D eigenvalue weighted by Crippen LogP contribution is -2.44. The van der Waals surface area contributed by atoms with Crippen molar-refractivity contribution in [3.63, 3.8) is 0 Å². The minimum Gasteiger partial charge on any atom is -0.480 e. The molecule has 4 rings (SSSR count). The molecule has 0 bridgehead atoms. The predicted molar refractivity (Wildman–Crippen MR) is 137 cm³/mol. The Morgan fingerprint density at radius 3 is 2.28 bits per heavy atom. The second-order valence-electron chi connectivity index (χ2n) is 9.40. The van der Waals surface area contributed by atoms with E-state index in [0.717, 1.165) is 16.7 Å². The smallest absolute Gasteiger partial charge is 0.326 e. The third-order valence-electron chi connectivity index (χ3n) is 6.48. The highest BCUT2D eigenvalue weighted by molar-refractivity contribution is 6.02. The number of carboxylic acid groups (broad SMARTS) is 1. The Balaban J connectivity index is 1.51. The van der Waals surface area contributed by atoms with Crippen LogP contribution in [0, 0.1) is 25.6 Å². The highest BCUT2D eigenvalue weighted by Crippen LogP contribution is 2.32. The van der Waals surface area contributed by atoms with E-state index in [-0.39, 0.29) is 24.1 Å². The molecule has 1 unspecified atom stereocenters. The molecule has 3 amide bonds. The van der Waals surface area contributed by atoms with Gasteiger partial charge in [0.15, 0.2) is 0 Å². The zero-order valence-electron chi connectivity index (χ0n) is 20.6. The van der Waals surface area contributed by atoms with E-state index in [1.54, 1.807) is 44.2 Å². The number of carbonyl (C=O) groups is 3. The molecule has 0 fully saturated rings. The molecule has 0 radical (unpaired) electrons. The zero-order valence-corrected chi connectivity index (χ0v) is 20.6. The van der Waals surface area contributed by atoms with Crippen molar-refractivity contribution in [2.24, 2.45) is 5.92 Å². The van der Waals surface area contributed by atoms with Crippen LogP contribution in [0.5, 0.6) is 0 Å². The molecular weight excluding hydrogens is 461 g/mol. The number of carboxylic acids is 1. The number of carbonyl (C=O) groups excluding carboxylic acids is 2. The second-order valence-corrected chi connectivity index (χ2v) is 9.40. The molecule has 0 spiro atoms. The van der Waals surface area contributed by atoms with Crippen LogP contribution < -0.4 is 10.6 Å². The summed E-state index contributed by atoms with van der Waals surface area (Å²) in [7, 11) is 0. The number of hydrogen-bond acceptors (Lipinski definition) is 3. The first-order chi connectivity index (χ1) is 17.0. The summed E-state index contributed by atoms with van der Waals surface area (Å²) in [5, 5.41) is 14.8. The standard InChI is InChI=1S/C28H28FN3O4/c1-15(2)25(27(34)35)32-14-20-7-6-18(12-22(20)26(32)33)19-8-10-24(23(29)13-19)31-28(36)30-21-9-5-16(3)17(4)11-21/h5-13,15,25H,14H2,1-4H3,(H,34,35)(H2,30,31,36). The Morgan fingerprint density at radius 2 is 1.64 bits per heavy atom. The van der Waals surface area contributed by atoms with Crippen molar-refractivity contribution in [1.29, 1.82) is 0 Å². The number of nitrogens with one attached hydrogen (secondary N) is 2. The number of aliphatic carboxylic acids is 1. The number of rotatable bonds is 6. The molecule has 3 aromatic carbocycles. The molecule has 3 aromatic rings. The highest BCUT2D eigenvalue weighted by atomic mass is 19.1. The summed E-state index contributed by atoms with van der Waals surface area (Å²) in [5.74, 6) is -2.27. The molecular formula is C28H28FN3O4. The number of amides is 3. The molecule has 1 aliphatic heterocycles. The van der Waals surface area contributed by atoms with Crippen LogP contribution in [0.2, 0.25) is 0 Å². The van der Waals surface area contributed by atoms with Crippen molar-refractivity contribution in [3.8, 4) is 11.1 Å². The maximum absolute atomic E-state index is 14.9. The van der Waals surface area contributed by atoms with E-state index in [1.165, 1.54) is 17.0 Å². The average molecular weight is 490 g/mol. The van der Waals surface area contributed by atoms with Gasteiger partial charge < -0.3 is 20.6 Å². The molecule has 186 valence electrons. The lowest BCUT2D eigenvalue weighted by atomic mass is 10.00. The molecule has 0 aromatic heterocycles. The Labute approximate surface area is 208 Å². The van der Waals surface area contributed by atoms with Crippen LogP contribution in [0.3, 0.4) is 0 Å². The fourth-order valence-corrected chi connectivity index (χ4v) is 4.41. The summed E-state index contributed by atoms with van der Waals surface area (Å²) in [4.78, 5) is 38.4. The SMILES string of the molecule is Cc1ccc(NC(=O)Nc2ccc(-c3ccc4c(c3)C(=O)N(C(C(=O)O)C(C)C)C4)cc2F)cc1C. The van der Waals surface area contributed by atoms with Crippen LogP contribution in [0.1, 0.15) is 40.9 Å². The van der Waals surface area contributed by atoms with Crippen molar-refractivity contribution in [1.82, 2.24) is 4.90 Å². The summed E-state index contributed by atoms with van der Waals surface area (Å²) in [6.07, 6.45) is 0. The Kier molecular flexibility index (Phi) is 6.79. The summed E-state index contributed by atoms with van der Waals surface area (Å²) in [6.45, 7) is 7.66. The first-order valence-corrected chi connectivity index (χ1v) is 11.7. The van der Waals surface area contributed by atoms with E-state index < -0.39 is 23.9 Å². The van der Waals surface area contributed by atoms with Crippen LogP contribution in [0.25, 0.3) is 11.1 Å². The number of anilines is 2. The number of urea groups is 1. The largest absolute Gasteiger partial charge is 0.480 e. The van der Waals surface area contributed by atoms with E-state index in [1.807, 2.05) is 26.0 Å². The van der Waals surface area contributed by atoms with Crippen LogP contribution >= 0.6 is 0 Å². The molecule has 3 N–H and O–H groups in total. The van der Waals surface area contributed by atoms with Crippen molar-refractivity contribution >= 4 is 29.3 Å². The van der Waals surface area contributed by atoms with Gasteiger partial charge in [-0.15, -0.1) is 0 Å². The van der Waals surface area contributed by atoms with Gasteiger partial charge in [0.25, 0.3) is 5.91 Å². The van der Waals surface area contributed by atoms with Gasteiger partial charge in [-0.3, -0.25) is 4.79 Å². The summed E-state index contributed by atoms with van der Waals surface area (Å²) in [5.41, 5.74) is 5.04. The quantitative estimate of drug-likeness (QED) is 0.406. The van der Waals surface area contributed by atoms with Crippen molar-refractivity contribution in [2.45, 2.75) is 40.3 Å². The maximum Gasteiger partial charge on any atom is 0.326 e. The summed E-state index contributed by atoms with van der Waals surface area (Å²) in [6, 6.07) is 13.6. The number of fused-ring (bicyclic) bond motifs is 1. The second kappa shape index (κ2) is 9.81. The summed E-state index contributed by atoms with van der Waals surface area (Å²) >= 11 is 0. The van der Waals surface area contributed by atoms with E-state index in [4.69, 9.17) is 0 Å². The van der Waals surface area contributed by atoms with E-state index >= 15 is 0 Å². The van der Waals surface area contributed by atoms with Gasteiger partial charge in [-0.2, -0.15) is 0 Å². The minimum absolute atomic E-state index is 0.0183. The normalized spacial score (nSPS) is 13.5. The molecule has 7 nitrogen and oxygen atoms in total. The lowest BCUT2D eigenvalue weighted by molar-refractivity contribution is -0.144. The number of nitrogens with zero attached hydrogens (tertiary/aromatic N) is 1. The third kappa shape index (κ3) is 4.93. The molecule has 1 atom stereocenters. The molecule has 8 heteroatoms. The molecule has 0 aliphatic carbocycles. The molecule has 0 saturated heterocycles. The number of aryl methyl sites for hydroxylation is 2. The number of benzene rings is 3. The van der Waals surface area contributed by atoms with Crippen molar-refractivity contribution in [3.05, 3.63) is 82.7 Å². The molecule has 36 heavy (non-hydrogen) atoms. The summed E-state index contributed by atoms with van der Waals surface area (Å²) < 4.78 is 14.9. The fourth-order valence-electron chi connectivity index (χ4n) is 4.41. The van der Waals surface area contributed by atoms with Gasteiger partial charge in [0.05, 0.1) is 5.69 Å². The van der Waals surface area contributed by atoms with E-state index in [2.05, 4.69) is 10.6 Å². The zero-order chi connectivity index (χ0) is 26.1. The number of hydrogen-bond donors (Lipinski definition) is 3. The van der Waals surface area contributed by atoms with Crippen LogP contribution in [0.4, 0.5) is 20.6 Å². The Bertz CT molecular complexity index is 1370. The van der Waals surface area contributed by atoms with Gasteiger partial charge in [-0.1, -0.05) is 38.1 Å². The minimum atomic E-state index is -1.04. The maximum atomic E-state index is 14.9. The highest BCUT2D eigenvalue weighted by Gasteiger charge is 2.38. The molecule has 0 saturated carbocycles. The first kappa shape index (κ1) is 24.9. The fraction of sp³-hybridized carbons (Fsp3) is 0.250.